The Balaban J connectivity index is 2.61. The van der Waals surface area contributed by atoms with E-state index < -0.39 is 23.7 Å². The molecule has 0 heterocycles. The SMILES string of the molecule is COC(=O)C(C#N)C(c1ccccc1)C(C(C)=O)c1ccccc1. The summed E-state index contributed by atoms with van der Waals surface area (Å²) >= 11 is 0. The number of benzene rings is 2. The molecule has 0 saturated carbocycles. The molecule has 3 unspecified atom stereocenters. The number of rotatable bonds is 6. The van der Waals surface area contributed by atoms with E-state index in [1.54, 1.807) is 0 Å². The first-order chi connectivity index (χ1) is 11.6. The van der Waals surface area contributed by atoms with Crippen LogP contribution in [0.2, 0.25) is 0 Å². The van der Waals surface area contributed by atoms with Crippen molar-refractivity contribution in [3.63, 3.8) is 0 Å². The molecule has 0 bridgehead atoms. The first-order valence-electron chi connectivity index (χ1n) is 7.68. The molecule has 0 N–H and O–H groups in total. The van der Waals surface area contributed by atoms with E-state index in [4.69, 9.17) is 4.74 Å². The van der Waals surface area contributed by atoms with Crippen LogP contribution in [0.25, 0.3) is 0 Å². The Morgan fingerprint density at radius 1 is 0.958 bits per heavy atom. The summed E-state index contributed by atoms with van der Waals surface area (Å²) in [5, 5.41) is 9.57. The van der Waals surface area contributed by atoms with Gasteiger partial charge in [-0.2, -0.15) is 5.26 Å². The van der Waals surface area contributed by atoms with Crippen molar-refractivity contribution in [2.24, 2.45) is 5.92 Å². The van der Waals surface area contributed by atoms with E-state index >= 15 is 0 Å². The maximum atomic E-state index is 12.4. The molecule has 0 saturated heterocycles. The maximum Gasteiger partial charge on any atom is 0.323 e. The Morgan fingerprint density at radius 3 is 1.88 bits per heavy atom. The van der Waals surface area contributed by atoms with Gasteiger partial charge in [-0.15, -0.1) is 0 Å². The molecule has 0 fully saturated rings. The van der Waals surface area contributed by atoms with Crippen molar-refractivity contribution in [1.82, 2.24) is 0 Å². The standard InChI is InChI=1S/C20H19NO3/c1-14(22)18(15-9-5-3-6-10-15)19(16-11-7-4-8-12-16)17(13-21)20(23)24-2/h3-12,17-19H,1-2H3. The van der Waals surface area contributed by atoms with Crippen molar-refractivity contribution in [2.75, 3.05) is 7.11 Å². The van der Waals surface area contributed by atoms with Gasteiger partial charge in [0.15, 0.2) is 5.92 Å². The zero-order valence-electron chi connectivity index (χ0n) is 13.7. The van der Waals surface area contributed by atoms with E-state index in [-0.39, 0.29) is 5.78 Å². The molecule has 2 aromatic rings. The topological polar surface area (TPSA) is 67.2 Å². The number of esters is 1. The summed E-state index contributed by atoms with van der Waals surface area (Å²) in [6.45, 7) is 1.49. The number of ether oxygens (including phenoxy) is 1. The van der Waals surface area contributed by atoms with Gasteiger partial charge in [-0.25, -0.2) is 0 Å². The Labute approximate surface area is 141 Å². The first-order valence-corrected chi connectivity index (χ1v) is 7.68. The normalized spacial score (nSPS) is 14.0. The lowest BCUT2D eigenvalue weighted by atomic mass is 9.72. The molecule has 0 radical (unpaired) electrons. The lowest BCUT2D eigenvalue weighted by molar-refractivity contribution is -0.144. The summed E-state index contributed by atoms with van der Waals surface area (Å²) in [4.78, 5) is 24.6. The summed E-state index contributed by atoms with van der Waals surface area (Å²) in [5.41, 5.74) is 1.54. The Morgan fingerprint density at radius 2 is 1.46 bits per heavy atom. The fraction of sp³-hybridized carbons (Fsp3) is 0.250. The summed E-state index contributed by atoms with van der Waals surface area (Å²) in [7, 11) is 1.25. The van der Waals surface area contributed by atoms with Crippen molar-refractivity contribution in [2.45, 2.75) is 18.8 Å². The molecule has 4 nitrogen and oxygen atoms in total. The van der Waals surface area contributed by atoms with Crippen molar-refractivity contribution >= 4 is 11.8 Å². The first kappa shape index (κ1) is 17.4. The zero-order valence-corrected chi connectivity index (χ0v) is 13.7. The predicted octanol–water partition coefficient (Wildman–Crippen LogP) is 3.46. The lowest BCUT2D eigenvalue weighted by Crippen LogP contribution is -2.30. The van der Waals surface area contributed by atoms with Gasteiger partial charge >= 0.3 is 5.97 Å². The van der Waals surface area contributed by atoms with Crippen LogP contribution in [0.15, 0.2) is 60.7 Å². The summed E-state index contributed by atoms with van der Waals surface area (Å²) in [6, 6.07) is 20.4. The van der Waals surface area contributed by atoms with Crippen molar-refractivity contribution in [3.05, 3.63) is 71.8 Å². The number of nitrogens with zero attached hydrogens (tertiary/aromatic N) is 1. The minimum absolute atomic E-state index is 0.0980. The van der Waals surface area contributed by atoms with Crippen LogP contribution in [0, 0.1) is 17.2 Å². The van der Waals surface area contributed by atoms with Crippen LogP contribution in [-0.4, -0.2) is 18.9 Å². The van der Waals surface area contributed by atoms with Gasteiger partial charge in [-0.3, -0.25) is 9.59 Å². The molecule has 24 heavy (non-hydrogen) atoms. The van der Waals surface area contributed by atoms with Crippen molar-refractivity contribution < 1.29 is 14.3 Å². The second-order valence-electron chi connectivity index (χ2n) is 5.57. The second kappa shape index (κ2) is 8.07. The highest BCUT2D eigenvalue weighted by molar-refractivity contribution is 5.87. The summed E-state index contributed by atoms with van der Waals surface area (Å²) in [6.07, 6.45) is 0. The molecule has 0 aliphatic rings. The number of hydrogen-bond acceptors (Lipinski definition) is 4. The molecule has 2 rings (SSSR count). The van der Waals surface area contributed by atoms with E-state index in [1.165, 1.54) is 14.0 Å². The molecule has 0 amide bonds. The quantitative estimate of drug-likeness (QED) is 0.764. The van der Waals surface area contributed by atoms with E-state index in [2.05, 4.69) is 0 Å². The summed E-state index contributed by atoms with van der Waals surface area (Å²) in [5.74, 6) is -3.00. The van der Waals surface area contributed by atoms with Crippen LogP contribution < -0.4 is 0 Å². The van der Waals surface area contributed by atoms with Gasteiger partial charge in [0.25, 0.3) is 0 Å². The fourth-order valence-electron chi connectivity index (χ4n) is 3.01. The number of Topliss-reactive ketones (excluding diaryl/α,β-unsaturated/α-hetero) is 1. The molecule has 0 aromatic heterocycles. The van der Waals surface area contributed by atoms with E-state index in [0.29, 0.717) is 0 Å². The molecule has 0 spiro atoms. The van der Waals surface area contributed by atoms with Crippen molar-refractivity contribution in [1.29, 1.82) is 5.26 Å². The van der Waals surface area contributed by atoms with Crippen LogP contribution in [0.1, 0.15) is 29.9 Å². The van der Waals surface area contributed by atoms with Gasteiger partial charge < -0.3 is 4.74 Å². The molecule has 0 aliphatic carbocycles. The van der Waals surface area contributed by atoms with Gasteiger partial charge in [-0.05, 0) is 18.1 Å². The van der Waals surface area contributed by atoms with E-state index in [1.807, 2.05) is 66.7 Å². The number of methoxy groups -OCH3 is 1. The number of ketones is 1. The minimum atomic E-state index is -1.06. The van der Waals surface area contributed by atoms with Gasteiger partial charge in [-0.1, -0.05) is 60.7 Å². The third-order valence-corrected chi connectivity index (χ3v) is 4.09. The summed E-state index contributed by atoms with van der Waals surface area (Å²) < 4.78 is 4.80. The number of nitriles is 1. The average Bonchev–Trinajstić information content (AvgIpc) is 2.62. The van der Waals surface area contributed by atoms with Gasteiger partial charge in [0, 0.05) is 5.92 Å². The van der Waals surface area contributed by atoms with E-state index in [0.717, 1.165) is 11.1 Å². The third-order valence-electron chi connectivity index (χ3n) is 4.09. The zero-order chi connectivity index (χ0) is 17.5. The highest BCUT2D eigenvalue weighted by Crippen LogP contribution is 2.39. The third kappa shape index (κ3) is 3.69. The molecule has 3 atom stereocenters. The predicted molar refractivity (Wildman–Crippen MR) is 90.2 cm³/mol. The second-order valence-corrected chi connectivity index (χ2v) is 5.57. The molecule has 0 aliphatic heterocycles. The molecule has 4 heteroatoms. The van der Waals surface area contributed by atoms with Gasteiger partial charge in [0.2, 0.25) is 0 Å². The molecule has 122 valence electrons. The molecular formula is C20H19NO3. The van der Waals surface area contributed by atoms with Gasteiger partial charge in [0.1, 0.15) is 5.78 Å². The lowest BCUT2D eigenvalue weighted by Gasteiger charge is -2.28. The van der Waals surface area contributed by atoms with Crippen LogP contribution in [0.4, 0.5) is 0 Å². The van der Waals surface area contributed by atoms with Crippen LogP contribution in [-0.2, 0) is 14.3 Å². The van der Waals surface area contributed by atoms with Gasteiger partial charge in [0.05, 0.1) is 19.1 Å². The minimum Gasteiger partial charge on any atom is -0.468 e. The molecular weight excluding hydrogens is 302 g/mol. The van der Waals surface area contributed by atoms with E-state index in [9.17, 15) is 14.9 Å². The Bertz CT molecular complexity index is 734. The maximum absolute atomic E-state index is 12.4. The monoisotopic (exact) mass is 321 g/mol. The van der Waals surface area contributed by atoms with Crippen LogP contribution in [0.3, 0.4) is 0 Å². The highest BCUT2D eigenvalue weighted by Gasteiger charge is 2.39. The number of carbonyl (C=O) groups is 2. The fourth-order valence-corrected chi connectivity index (χ4v) is 3.01. The van der Waals surface area contributed by atoms with Crippen LogP contribution >= 0.6 is 0 Å². The number of carbonyl (C=O) groups excluding carboxylic acids is 2. The Hall–Kier alpha value is -2.93. The largest absolute Gasteiger partial charge is 0.468 e. The molecule has 2 aromatic carbocycles. The highest BCUT2D eigenvalue weighted by atomic mass is 16.5. The number of hydrogen-bond donors (Lipinski definition) is 0. The average molecular weight is 321 g/mol. The Kier molecular flexibility index (Phi) is 5.86. The smallest absolute Gasteiger partial charge is 0.323 e. The van der Waals surface area contributed by atoms with Crippen molar-refractivity contribution in [3.8, 4) is 6.07 Å². The van der Waals surface area contributed by atoms with Crippen LogP contribution in [0.5, 0.6) is 0 Å².